The Morgan fingerprint density at radius 3 is 2.70 bits per heavy atom. The highest BCUT2D eigenvalue weighted by atomic mass is 79.9. The van der Waals surface area contributed by atoms with Crippen LogP contribution in [0.25, 0.3) is 0 Å². The van der Waals surface area contributed by atoms with Crippen LogP contribution >= 0.6 is 15.9 Å². The minimum absolute atomic E-state index is 0.107. The smallest absolute Gasteiger partial charge is 0.387 e. The molecule has 0 spiro atoms. The molecule has 0 amide bonds. The highest BCUT2D eigenvalue weighted by Crippen LogP contribution is 2.28. The summed E-state index contributed by atoms with van der Waals surface area (Å²) in [4.78, 5) is 11.5. The number of nitriles is 1. The Hall–Kier alpha value is -1.68. The number of carbonyl (C=O) groups is 1. The first-order valence-corrected chi connectivity index (χ1v) is 6.86. The van der Waals surface area contributed by atoms with Crippen molar-refractivity contribution < 1.29 is 23.0 Å². The highest BCUT2D eigenvalue weighted by molar-refractivity contribution is 9.08. The molecular weight excluding hydrogens is 336 g/mol. The van der Waals surface area contributed by atoms with Crippen molar-refractivity contribution >= 4 is 21.9 Å². The van der Waals surface area contributed by atoms with E-state index in [1.54, 1.807) is 6.92 Å². The molecule has 4 nitrogen and oxygen atoms in total. The SMILES string of the molecule is CCOC(=O)Cc1c(C#N)cc(CBr)cc1OC(F)F. The zero-order chi connectivity index (χ0) is 15.1. The van der Waals surface area contributed by atoms with Crippen LogP contribution in [0.4, 0.5) is 8.78 Å². The van der Waals surface area contributed by atoms with Crippen LogP contribution in [0.3, 0.4) is 0 Å². The lowest BCUT2D eigenvalue weighted by molar-refractivity contribution is -0.142. The topological polar surface area (TPSA) is 59.3 Å². The summed E-state index contributed by atoms with van der Waals surface area (Å²) < 4.78 is 34.0. The summed E-state index contributed by atoms with van der Waals surface area (Å²) in [7, 11) is 0. The van der Waals surface area contributed by atoms with Gasteiger partial charge in [0.2, 0.25) is 0 Å². The Balaban J connectivity index is 3.22. The first-order valence-electron chi connectivity index (χ1n) is 5.74. The summed E-state index contributed by atoms with van der Waals surface area (Å²) in [6.07, 6.45) is -0.290. The molecular formula is C13H12BrF2NO3. The van der Waals surface area contributed by atoms with Crippen molar-refractivity contribution in [1.82, 2.24) is 0 Å². The molecule has 0 fully saturated rings. The highest BCUT2D eigenvalue weighted by Gasteiger charge is 2.18. The molecule has 0 N–H and O–H groups in total. The fourth-order valence-corrected chi connectivity index (χ4v) is 1.94. The Morgan fingerprint density at radius 2 is 2.20 bits per heavy atom. The molecule has 0 aliphatic rings. The van der Waals surface area contributed by atoms with Gasteiger partial charge in [0.05, 0.1) is 24.7 Å². The molecule has 0 bridgehead atoms. The lowest BCUT2D eigenvalue weighted by Crippen LogP contribution is -2.12. The zero-order valence-electron chi connectivity index (χ0n) is 10.7. The van der Waals surface area contributed by atoms with Crippen LogP contribution in [-0.4, -0.2) is 19.2 Å². The minimum atomic E-state index is -3.03. The second kappa shape index (κ2) is 7.80. The van der Waals surface area contributed by atoms with Gasteiger partial charge in [-0.1, -0.05) is 15.9 Å². The summed E-state index contributed by atoms with van der Waals surface area (Å²) >= 11 is 3.18. The molecule has 0 atom stereocenters. The predicted octanol–water partition coefficient (Wildman–Crippen LogP) is 3.16. The summed E-state index contributed by atoms with van der Waals surface area (Å²) in [5.74, 6) is -0.781. The van der Waals surface area contributed by atoms with E-state index in [0.717, 1.165) is 0 Å². The molecule has 7 heteroatoms. The minimum Gasteiger partial charge on any atom is -0.466 e. The van der Waals surface area contributed by atoms with Gasteiger partial charge in [-0.2, -0.15) is 14.0 Å². The average molecular weight is 348 g/mol. The number of hydrogen-bond donors (Lipinski definition) is 0. The van der Waals surface area contributed by atoms with Gasteiger partial charge in [-0.15, -0.1) is 0 Å². The fourth-order valence-electron chi connectivity index (χ4n) is 1.62. The monoisotopic (exact) mass is 347 g/mol. The van der Waals surface area contributed by atoms with Crippen LogP contribution < -0.4 is 4.74 Å². The van der Waals surface area contributed by atoms with E-state index in [4.69, 9.17) is 10.00 Å². The van der Waals surface area contributed by atoms with E-state index >= 15 is 0 Å². The maximum atomic E-state index is 12.4. The maximum absolute atomic E-state index is 12.4. The molecule has 1 aromatic carbocycles. The molecule has 0 unspecified atom stereocenters. The van der Waals surface area contributed by atoms with Crippen LogP contribution in [0, 0.1) is 11.3 Å². The van der Waals surface area contributed by atoms with Crippen molar-refractivity contribution in [3.8, 4) is 11.8 Å². The van der Waals surface area contributed by atoms with Crippen molar-refractivity contribution in [2.75, 3.05) is 6.61 Å². The van der Waals surface area contributed by atoms with Crippen molar-refractivity contribution in [3.05, 3.63) is 28.8 Å². The van der Waals surface area contributed by atoms with E-state index in [9.17, 15) is 13.6 Å². The van der Waals surface area contributed by atoms with Gasteiger partial charge in [0, 0.05) is 10.9 Å². The van der Waals surface area contributed by atoms with Gasteiger partial charge >= 0.3 is 12.6 Å². The Morgan fingerprint density at radius 1 is 1.50 bits per heavy atom. The number of benzene rings is 1. The molecule has 0 heterocycles. The molecule has 0 saturated heterocycles. The lowest BCUT2D eigenvalue weighted by Gasteiger charge is -2.13. The molecule has 20 heavy (non-hydrogen) atoms. The van der Waals surface area contributed by atoms with Crippen LogP contribution in [0.5, 0.6) is 5.75 Å². The van der Waals surface area contributed by atoms with Crippen molar-refractivity contribution in [2.45, 2.75) is 25.3 Å². The van der Waals surface area contributed by atoms with E-state index in [0.29, 0.717) is 10.9 Å². The number of halogens is 3. The van der Waals surface area contributed by atoms with Gasteiger partial charge in [0.1, 0.15) is 5.75 Å². The molecule has 108 valence electrons. The maximum Gasteiger partial charge on any atom is 0.387 e. The van der Waals surface area contributed by atoms with E-state index in [2.05, 4.69) is 20.7 Å². The normalized spacial score (nSPS) is 10.2. The number of ether oxygens (including phenoxy) is 2. The number of carbonyl (C=O) groups excluding carboxylic acids is 1. The van der Waals surface area contributed by atoms with E-state index in [1.807, 2.05) is 6.07 Å². The number of alkyl halides is 3. The second-order valence-corrected chi connectivity index (χ2v) is 4.29. The summed E-state index contributed by atoms with van der Waals surface area (Å²) in [5, 5.41) is 9.46. The van der Waals surface area contributed by atoms with Crippen LogP contribution in [-0.2, 0) is 21.3 Å². The molecule has 0 saturated carbocycles. The zero-order valence-corrected chi connectivity index (χ0v) is 12.2. The third-order valence-electron chi connectivity index (χ3n) is 2.39. The standard InChI is InChI=1S/C13H12BrF2NO3/c1-2-19-12(18)5-10-9(7-17)3-8(6-14)4-11(10)20-13(15)16/h3-4,13H,2,5-6H2,1H3. The second-order valence-electron chi connectivity index (χ2n) is 3.73. The molecule has 0 aromatic heterocycles. The summed E-state index contributed by atoms with van der Waals surface area (Å²) in [6.45, 7) is -1.23. The average Bonchev–Trinajstić information content (AvgIpc) is 2.40. The van der Waals surface area contributed by atoms with Crippen LogP contribution in [0.15, 0.2) is 12.1 Å². The summed E-state index contributed by atoms with van der Waals surface area (Å²) in [6, 6.07) is 4.76. The van der Waals surface area contributed by atoms with Crippen LogP contribution in [0.2, 0.25) is 0 Å². The van der Waals surface area contributed by atoms with Gasteiger partial charge in [-0.3, -0.25) is 4.79 Å². The molecule has 0 radical (unpaired) electrons. The van der Waals surface area contributed by atoms with Gasteiger partial charge in [-0.05, 0) is 24.6 Å². The Labute approximate surface area is 123 Å². The molecule has 0 aliphatic heterocycles. The quantitative estimate of drug-likeness (QED) is 0.585. The van der Waals surface area contributed by atoms with Gasteiger partial charge in [0.15, 0.2) is 0 Å². The summed E-state index contributed by atoms with van der Waals surface area (Å²) in [5.41, 5.74) is 0.825. The fraction of sp³-hybridized carbons (Fsp3) is 0.385. The molecule has 0 aliphatic carbocycles. The number of nitrogens with zero attached hydrogens (tertiary/aromatic N) is 1. The third-order valence-corrected chi connectivity index (χ3v) is 3.03. The molecule has 1 aromatic rings. The lowest BCUT2D eigenvalue weighted by atomic mass is 10.0. The van der Waals surface area contributed by atoms with E-state index < -0.39 is 12.6 Å². The first-order chi connectivity index (χ1) is 9.51. The number of hydrogen-bond acceptors (Lipinski definition) is 4. The van der Waals surface area contributed by atoms with Gasteiger partial charge in [0.25, 0.3) is 0 Å². The first kappa shape index (κ1) is 16.4. The number of rotatable bonds is 6. The molecule has 1 rings (SSSR count). The Bertz CT molecular complexity index is 529. The van der Waals surface area contributed by atoms with Crippen molar-refractivity contribution in [1.29, 1.82) is 5.26 Å². The van der Waals surface area contributed by atoms with Crippen molar-refractivity contribution in [2.24, 2.45) is 0 Å². The van der Waals surface area contributed by atoms with Crippen molar-refractivity contribution in [3.63, 3.8) is 0 Å². The largest absolute Gasteiger partial charge is 0.466 e. The van der Waals surface area contributed by atoms with Gasteiger partial charge < -0.3 is 9.47 Å². The van der Waals surface area contributed by atoms with E-state index in [-0.39, 0.29) is 29.9 Å². The Kier molecular flexibility index (Phi) is 6.39. The van der Waals surface area contributed by atoms with Gasteiger partial charge in [-0.25, -0.2) is 0 Å². The third kappa shape index (κ3) is 4.46. The van der Waals surface area contributed by atoms with E-state index in [1.165, 1.54) is 12.1 Å². The number of esters is 1. The van der Waals surface area contributed by atoms with Crippen LogP contribution in [0.1, 0.15) is 23.6 Å². The predicted molar refractivity (Wildman–Crippen MR) is 70.8 cm³/mol.